The van der Waals surface area contributed by atoms with E-state index in [9.17, 15) is 0 Å². The second-order valence-corrected chi connectivity index (χ2v) is 0.794. The fourth-order valence-corrected chi connectivity index (χ4v) is 0. The van der Waals surface area contributed by atoms with Crippen LogP contribution in [0, 0.1) is 0 Å². The van der Waals surface area contributed by atoms with Crippen molar-refractivity contribution in [1.29, 1.82) is 0 Å². The second kappa shape index (κ2) is 9.50. The van der Waals surface area contributed by atoms with Gasteiger partial charge in [0.2, 0.25) is 0 Å². The maximum absolute atomic E-state index is 8.78. The SMILES string of the molecule is CCON.NC(=O)O. The van der Waals surface area contributed by atoms with Crippen molar-refractivity contribution >= 4 is 6.09 Å². The number of rotatable bonds is 1. The Bertz CT molecular complexity index is 50.5. The number of carbonyl (C=O) groups is 1. The molecular weight excluding hydrogens is 112 g/mol. The van der Waals surface area contributed by atoms with Crippen LogP contribution in [0.1, 0.15) is 6.92 Å². The van der Waals surface area contributed by atoms with Crippen molar-refractivity contribution in [2.24, 2.45) is 11.6 Å². The molecule has 0 atom stereocenters. The smallest absolute Gasteiger partial charge is 0.402 e. The normalized spacial score (nSPS) is 6.75. The summed E-state index contributed by atoms with van der Waals surface area (Å²) in [6, 6.07) is 0. The molecule has 0 rings (SSSR count). The topological polar surface area (TPSA) is 98.6 Å². The van der Waals surface area contributed by atoms with E-state index in [0.717, 1.165) is 0 Å². The summed E-state index contributed by atoms with van der Waals surface area (Å²) in [5.74, 6) is 4.53. The van der Waals surface area contributed by atoms with Crippen LogP contribution in [-0.4, -0.2) is 17.8 Å². The van der Waals surface area contributed by atoms with Gasteiger partial charge in [0, 0.05) is 0 Å². The fraction of sp³-hybridized carbons (Fsp3) is 0.667. The van der Waals surface area contributed by atoms with Crippen molar-refractivity contribution < 1.29 is 14.7 Å². The molecule has 0 saturated heterocycles. The van der Waals surface area contributed by atoms with E-state index in [0.29, 0.717) is 6.61 Å². The van der Waals surface area contributed by atoms with Crippen molar-refractivity contribution in [2.45, 2.75) is 6.92 Å². The van der Waals surface area contributed by atoms with Gasteiger partial charge in [-0.3, -0.25) is 0 Å². The minimum atomic E-state index is -1.33. The van der Waals surface area contributed by atoms with Gasteiger partial charge < -0.3 is 15.7 Å². The molecule has 0 fully saturated rings. The summed E-state index contributed by atoms with van der Waals surface area (Å²) in [6.45, 7) is 2.43. The number of amides is 1. The Kier molecular flexibility index (Phi) is 12.1. The fourth-order valence-electron chi connectivity index (χ4n) is 0. The molecule has 0 aromatic heterocycles. The lowest BCUT2D eigenvalue weighted by Crippen LogP contribution is -2.03. The summed E-state index contributed by atoms with van der Waals surface area (Å²) in [4.78, 5) is 12.8. The Morgan fingerprint density at radius 2 is 2.00 bits per heavy atom. The first-order valence-electron chi connectivity index (χ1n) is 1.95. The molecule has 8 heavy (non-hydrogen) atoms. The largest absolute Gasteiger partial charge is 0.465 e. The van der Waals surface area contributed by atoms with Gasteiger partial charge in [-0.05, 0) is 6.92 Å². The molecule has 0 radical (unpaired) electrons. The quantitative estimate of drug-likeness (QED) is 0.409. The molecule has 50 valence electrons. The summed E-state index contributed by atoms with van der Waals surface area (Å²) in [5.41, 5.74) is 4.03. The van der Waals surface area contributed by atoms with Gasteiger partial charge in [-0.15, -0.1) is 0 Å². The van der Waals surface area contributed by atoms with Crippen LogP contribution in [0.2, 0.25) is 0 Å². The van der Waals surface area contributed by atoms with Crippen LogP contribution in [0.15, 0.2) is 0 Å². The lowest BCUT2D eigenvalue weighted by atomic mass is 10.9. The molecule has 0 spiro atoms. The number of nitrogens with two attached hydrogens (primary N) is 2. The van der Waals surface area contributed by atoms with Gasteiger partial charge in [-0.2, -0.15) is 0 Å². The van der Waals surface area contributed by atoms with Crippen molar-refractivity contribution in [2.75, 3.05) is 6.61 Å². The Balaban J connectivity index is 0. The standard InChI is InChI=1S/C2H7NO.CH3NO2/c1-2-4-3;2-1(3)4/h2-3H2,1H3;2H2,(H,3,4). The lowest BCUT2D eigenvalue weighted by molar-refractivity contribution is 0.152. The first-order valence-corrected chi connectivity index (χ1v) is 1.95. The third-order valence-electron chi connectivity index (χ3n) is 0.167. The summed E-state index contributed by atoms with van der Waals surface area (Å²) < 4.78 is 0. The Morgan fingerprint density at radius 1 is 1.88 bits per heavy atom. The van der Waals surface area contributed by atoms with E-state index in [-0.39, 0.29) is 0 Å². The molecule has 0 bridgehead atoms. The van der Waals surface area contributed by atoms with Crippen molar-refractivity contribution in [1.82, 2.24) is 0 Å². The molecule has 0 aromatic carbocycles. The average Bonchev–Trinajstić information content (AvgIpc) is 1.65. The maximum atomic E-state index is 8.78. The molecule has 0 aliphatic heterocycles. The third-order valence-corrected chi connectivity index (χ3v) is 0.167. The van der Waals surface area contributed by atoms with Gasteiger partial charge in [-0.25, -0.2) is 10.7 Å². The van der Waals surface area contributed by atoms with Crippen LogP contribution in [0.3, 0.4) is 0 Å². The lowest BCUT2D eigenvalue weighted by Gasteiger charge is -1.76. The van der Waals surface area contributed by atoms with Crippen LogP contribution in [0.5, 0.6) is 0 Å². The molecule has 5 nitrogen and oxygen atoms in total. The molecule has 0 unspecified atom stereocenters. The molecule has 5 heteroatoms. The summed E-state index contributed by atoms with van der Waals surface area (Å²) >= 11 is 0. The summed E-state index contributed by atoms with van der Waals surface area (Å²) in [6.07, 6.45) is -1.33. The highest BCUT2D eigenvalue weighted by atomic mass is 16.6. The van der Waals surface area contributed by atoms with Gasteiger partial charge in [-0.1, -0.05) is 0 Å². The highest BCUT2D eigenvalue weighted by molar-refractivity contribution is 5.61. The summed E-state index contributed by atoms with van der Waals surface area (Å²) in [5, 5.41) is 7.19. The maximum Gasteiger partial charge on any atom is 0.402 e. The number of hydrogen-bond acceptors (Lipinski definition) is 3. The van der Waals surface area contributed by atoms with E-state index in [1.165, 1.54) is 0 Å². The first kappa shape index (κ1) is 10.2. The molecule has 5 N–H and O–H groups in total. The Morgan fingerprint density at radius 3 is 2.00 bits per heavy atom. The first-order chi connectivity index (χ1) is 3.65. The predicted molar refractivity (Wildman–Crippen MR) is 28.0 cm³/mol. The van der Waals surface area contributed by atoms with Gasteiger partial charge in [0.1, 0.15) is 0 Å². The van der Waals surface area contributed by atoms with Crippen LogP contribution < -0.4 is 11.6 Å². The second-order valence-electron chi connectivity index (χ2n) is 0.794. The third kappa shape index (κ3) is 2520. The van der Waals surface area contributed by atoms with Gasteiger partial charge in [0.25, 0.3) is 0 Å². The number of hydrogen-bond donors (Lipinski definition) is 3. The van der Waals surface area contributed by atoms with Crippen molar-refractivity contribution in [3.63, 3.8) is 0 Å². The number of carboxylic acid groups (broad SMARTS) is 1. The van der Waals surface area contributed by atoms with Crippen LogP contribution in [0.25, 0.3) is 0 Å². The zero-order valence-corrected chi connectivity index (χ0v) is 4.63. The monoisotopic (exact) mass is 122 g/mol. The van der Waals surface area contributed by atoms with Gasteiger partial charge in [0.15, 0.2) is 0 Å². The van der Waals surface area contributed by atoms with Crippen molar-refractivity contribution in [3.05, 3.63) is 0 Å². The predicted octanol–water partition coefficient (Wildman–Crippen LogP) is -0.480. The van der Waals surface area contributed by atoms with Crippen LogP contribution in [-0.2, 0) is 4.84 Å². The number of primary amides is 1. The van der Waals surface area contributed by atoms with Crippen molar-refractivity contribution in [3.8, 4) is 0 Å². The molecule has 0 aromatic rings. The van der Waals surface area contributed by atoms with Gasteiger partial charge in [0.05, 0.1) is 6.61 Å². The zero-order chi connectivity index (χ0) is 6.99. The van der Waals surface area contributed by atoms with E-state index >= 15 is 0 Å². The van der Waals surface area contributed by atoms with E-state index in [2.05, 4.69) is 16.5 Å². The van der Waals surface area contributed by atoms with E-state index < -0.39 is 6.09 Å². The van der Waals surface area contributed by atoms with E-state index in [1.54, 1.807) is 0 Å². The molecule has 0 heterocycles. The van der Waals surface area contributed by atoms with Crippen LogP contribution in [0.4, 0.5) is 4.79 Å². The molecule has 0 aliphatic rings. The zero-order valence-electron chi connectivity index (χ0n) is 4.63. The van der Waals surface area contributed by atoms with Gasteiger partial charge >= 0.3 is 6.09 Å². The Hall–Kier alpha value is -0.810. The Labute approximate surface area is 47.2 Å². The molecule has 1 amide bonds. The molecular formula is C3H10N2O3. The van der Waals surface area contributed by atoms with E-state index in [4.69, 9.17) is 9.90 Å². The summed E-state index contributed by atoms with van der Waals surface area (Å²) in [7, 11) is 0. The highest BCUT2D eigenvalue weighted by Gasteiger charge is 1.65. The molecule has 0 aliphatic carbocycles. The minimum absolute atomic E-state index is 0.597. The average molecular weight is 122 g/mol. The van der Waals surface area contributed by atoms with Crippen LogP contribution >= 0.6 is 0 Å². The highest BCUT2D eigenvalue weighted by Crippen LogP contribution is 1.46. The van der Waals surface area contributed by atoms with E-state index in [1.807, 2.05) is 6.92 Å². The molecule has 0 saturated carbocycles. The minimum Gasteiger partial charge on any atom is -0.465 e.